The third kappa shape index (κ3) is 6.51. The van der Waals surface area contributed by atoms with Gasteiger partial charge in [-0.05, 0) is 26.0 Å². The van der Waals surface area contributed by atoms with Crippen molar-refractivity contribution >= 4 is 23.2 Å². The summed E-state index contributed by atoms with van der Waals surface area (Å²) in [6.45, 7) is 5.59. The van der Waals surface area contributed by atoms with Gasteiger partial charge in [0.05, 0.1) is 17.0 Å². The van der Waals surface area contributed by atoms with Gasteiger partial charge in [0.25, 0.3) is 0 Å². The summed E-state index contributed by atoms with van der Waals surface area (Å²) in [5.74, 6) is 1.50. The molecule has 0 spiro atoms. The average molecular weight is 378 g/mol. The average Bonchev–Trinajstić information content (AvgIpc) is 3.22. The molecule has 7 nitrogen and oxygen atoms in total. The molecule has 8 heteroatoms. The molecule has 0 unspecified atom stereocenters. The molecule has 0 aliphatic heterocycles. The second kappa shape index (κ2) is 9.96. The number of hydrogen-bond acceptors (Lipinski definition) is 5. The van der Waals surface area contributed by atoms with Gasteiger partial charge in [0.2, 0.25) is 5.91 Å². The van der Waals surface area contributed by atoms with Crippen molar-refractivity contribution in [3.8, 4) is 0 Å². The molecular weight excluding hydrogens is 350 g/mol. The minimum Gasteiger partial charge on any atom is -0.469 e. The molecule has 2 rings (SSSR count). The Labute approximate surface area is 158 Å². The van der Waals surface area contributed by atoms with Gasteiger partial charge in [-0.1, -0.05) is 0 Å². The number of rotatable bonds is 8. The summed E-state index contributed by atoms with van der Waals surface area (Å²) in [6.07, 6.45) is 3.23. The fraction of sp³-hybridized carbons (Fsp3) is 0.500. The smallest absolute Gasteiger partial charge is 0.243 e. The van der Waals surface area contributed by atoms with E-state index in [1.807, 2.05) is 19.1 Å². The SMILES string of the molecule is Cc1nc(CCNC(=NCC(=O)N(C)C)NCCc2ccco2)sc1C. The van der Waals surface area contributed by atoms with E-state index in [1.54, 1.807) is 31.7 Å². The van der Waals surface area contributed by atoms with Gasteiger partial charge >= 0.3 is 0 Å². The Kier molecular flexibility index (Phi) is 7.65. The lowest BCUT2D eigenvalue weighted by atomic mass is 10.3. The minimum absolute atomic E-state index is 0.0386. The summed E-state index contributed by atoms with van der Waals surface area (Å²) < 4.78 is 5.33. The summed E-state index contributed by atoms with van der Waals surface area (Å²) in [6, 6.07) is 3.81. The van der Waals surface area contributed by atoms with Crippen molar-refractivity contribution in [2.75, 3.05) is 33.7 Å². The Morgan fingerprint density at radius 3 is 2.58 bits per heavy atom. The van der Waals surface area contributed by atoms with Gasteiger partial charge in [0.1, 0.15) is 12.3 Å². The van der Waals surface area contributed by atoms with Crippen molar-refractivity contribution in [2.45, 2.75) is 26.7 Å². The van der Waals surface area contributed by atoms with Gasteiger partial charge in [-0.25, -0.2) is 9.98 Å². The van der Waals surface area contributed by atoms with E-state index in [4.69, 9.17) is 4.42 Å². The van der Waals surface area contributed by atoms with Gasteiger partial charge in [0.15, 0.2) is 5.96 Å². The number of carbonyl (C=O) groups is 1. The standard InChI is InChI=1S/C18H27N5O2S/c1-13-14(2)26-16(22-13)8-10-20-18(21-12-17(24)23(3)4)19-9-7-15-6-5-11-25-15/h5-6,11H,7-10,12H2,1-4H3,(H2,19,20,21). The summed E-state index contributed by atoms with van der Waals surface area (Å²) in [5.41, 5.74) is 1.09. The highest BCUT2D eigenvalue weighted by atomic mass is 32.1. The number of likely N-dealkylation sites (N-methyl/N-ethyl adjacent to an activating group) is 1. The number of amides is 1. The van der Waals surface area contributed by atoms with Crippen LogP contribution in [0, 0.1) is 13.8 Å². The van der Waals surface area contributed by atoms with Crippen LogP contribution in [0.4, 0.5) is 0 Å². The van der Waals surface area contributed by atoms with E-state index in [1.165, 1.54) is 9.78 Å². The van der Waals surface area contributed by atoms with Crippen molar-refractivity contribution < 1.29 is 9.21 Å². The Morgan fingerprint density at radius 2 is 2.00 bits per heavy atom. The maximum atomic E-state index is 11.8. The zero-order chi connectivity index (χ0) is 18.9. The number of hydrogen-bond donors (Lipinski definition) is 2. The van der Waals surface area contributed by atoms with Gasteiger partial charge < -0.3 is 20.0 Å². The fourth-order valence-electron chi connectivity index (χ4n) is 2.16. The molecule has 2 aromatic rings. The monoisotopic (exact) mass is 377 g/mol. The third-order valence-electron chi connectivity index (χ3n) is 3.82. The Bertz CT molecular complexity index is 703. The topological polar surface area (TPSA) is 82.8 Å². The van der Waals surface area contributed by atoms with Crippen LogP contribution in [-0.2, 0) is 17.6 Å². The highest BCUT2D eigenvalue weighted by Gasteiger charge is 2.07. The number of aryl methyl sites for hydroxylation is 2. The van der Waals surface area contributed by atoms with E-state index in [0.717, 1.165) is 29.3 Å². The number of aromatic nitrogens is 1. The molecule has 0 aliphatic rings. The third-order valence-corrected chi connectivity index (χ3v) is 4.95. The summed E-state index contributed by atoms with van der Waals surface area (Å²) in [4.78, 5) is 23.5. The van der Waals surface area contributed by atoms with Crippen molar-refractivity contribution in [1.82, 2.24) is 20.5 Å². The van der Waals surface area contributed by atoms with E-state index in [9.17, 15) is 4.79 Å². The second-order valence-electron chi connectivity index (χ2n) is 6.14. The molecule has 0 fully saturated rings. The molecule has 0 saturated heterocycles. The molecule has 0 bridgehead atoms. The van der Waals surface area contributed by atoms with Crippen LogP contribution in [0.3, 0.4) is 0 Å². The van der Waals surface area contributed by atoms with E-state index in [2.05, 4.69) is 27.5 Å². The first kappa shape index (κ1) is 20.0. The van der Waals surface area contributed by atoms with E-state index in [-0.39, 0.29) is 12.5 Å². The van der Waals surface area contributed by atoms with Crippen LogP contribution < -0.4 is 10.6 Å². The maximum absolute atomic E-state index is 11.8. The van der Waals surface area contributed by atoms with Crippen LogP contribution in [0.15, 0.2) is 27.8 Å². The van der Waals surface area contributed by atoms with Gasteiger partial charge in [-0.3, -0.25) is 4.79 Å². The predicted molar refractivity (Wildman–Crippen MR) is 105 cm³/mol. The largest absolute Gasteiger partial charge is 0.469 e. The van der Waals surface area contributed by atoms with Gasteiger partial charge in [-0.2, -0.15) is 0 Å². The number of carbonyl (C=O) groups excluding carboxylic acids is 1. The molecule has 0 aliphatic carbocycles. The van der Waals surface area contributed by atoms with Crippen molar-refractivity contribution in [3.05, 3.63) is 39.7 Å². The highest BCUT2D eigenvalue weighted by molar-refractivity contribution is 7.11. The molecule has 0 aromatic carbocycles. The first-order chi connectivity index (χ1) is 12.5. The number of nitrogens with zero attached hydrogens (tertiary/aromatic N) is 3. The molecule has 2 aromatic heterocycles. The molecule has 1 amide bonds. The van der Waals surface area contributed by atoms with Gasteiger partial charge in [-0.15, -0.1) is 11.3 Å². The highest BCUT2D eigenvalue weighted by Crippen LogP contribution is 2.16. The van der Waals surface area contributed by atoms with Crippen LogP contribution in [0.1, 0.15) is 21.3 Å². The molecule has 0 atom stereocenters. The lowest BCUT2D eigenvalue weighted by Gasteiger charge is -2.13. The van der Waals surface area contributed by atoms with Crippen LogP contribution in [0.5, 0.6) is 0 Å². The Hall–Kier alpha value is -2.35. The number of guanidine groups is 1. The van der Waals surface area contributed by atoms with E-state index < -0.39 is 0 Å². The normalized spacial score (nSPS) is 11.5. The summed E-state index contributed by atoms with van der Waals surface area (Å²) in [5, 5.41) is 7.63. The quantitative estimate of drug-likeness (QED) is 0.541. The number of furan rings is 1. The zero-order valence-electron chi connectivity index (χ0n) is 15.8. The van der Waals surface area contributed by atoms with E-state index in [0.29, 0.717) is 19.0 Å². The molecule has 142 valence electrons. The number of aliphatic imine (C=N–C) groups is 1. The lowest BCUT2D eigenvalue weighted by Crippen LogP contribution is -2.40. The summed E-state index contributed by atoms with van der Waals surface area (Å²) in [7, 11) is 3.45. The summed E-state index contributed by atoms with van der Waals surface area (Å²) >= 11 is 1.72. The van der Waals surface area contributed by atoms with Crippen molar-refractivity contribution in [2.24, 2.45) is 4.99 Å². The molecule has 2 N–H and O–H groups in total. The number of thiazole rings is 1. The Morgan fingerprint density at radius 1 is 1.27 bits per heavy atom. The molecule has 26 heavy (non-hydrogen) atoms. The predicted octanol–water partition coefficient (Wildman–Crippen LogP) is 1.76. The van der Waals surface area contributed by atoms with Crippen LogP contribution in [0.25, 0.3) is 0 Å². The molecule has 2 heterocycles. The molecule has 0 radical (unpaired) electrons. The van der Waals surface area contributed by atoms with Crippen LogP contribution in [-0.4, -0.2) is 55.5 Å². The Balaban J connectivity index is 1.86. The first-order valence-electron chi connectivity index (χ1n) is 8.63. The zero-order valence-corrected chi connectivity index (χ0v) is 16.7. The fourth-order valence-corrected chi connectivity index (χ4v) is 3.09. The van der Waals surface area contributed by atoms with Crippen molar-refractivity contribution in [1.29, 1.82) is 0 Å². The number of nitrogens with one attached hydrogen (secondary N) is 2. The lowest BCUT2D eigenvalue weighted by molar-refractivity contribution is -0.127. The maximum Gasteiger partial charge on any atom is 0.243 e. The first-order valence-corrected chi connectivity index (χ1v) is 9.45. The minimum atomic E-state index is -0.0386. The van der Waals surface area contributed by atoms with E-state index >= 15 is 0 Å². The van der Waals surface area contributed by atoms with Crippen LogP contribution in [0.2, 0.25) is 0 Å². The second-order valence-corrected chi connectivity index (χ2v) is 7.42. The van der Waals surface area contributed by atoms with Crippen LogP contribution >= 0.6 is 11.3 Å². The van der Waals surface area contributed by atoms with Gasteiger partial charge in [0, 0.05) is 44.9 Å². The molecule has 0 saturated carbocycles. The van der Waals surface area contributed by atoms with Crippen molar-refractivity contribution in [3.63, 3.8) is 0 Å². The molecular formula is C18H27N5O2S.